The van der Waals surface area contributed by atoms with Crippen LogP contribution in [0.1, 0.15) is 27.8 Å². The molecule has 1 aliphatic heterocycles. The molecule has 0 unspecified atom stereocenters. The summed E-state index contributed by atoms with van der Waals surface area (Å²) in [6.07, 6.45) is 4.08. The summed E-state index contributed by atoms with van der Waals surface area (Å²) in [7, 11) is -8.01. The van der Waals surface area contributed by atoms with E-state index in [1.165, 1.54) is 24.3 Å². The molecule has 6 aromatic rings. The Kier molecular flexibility index (Phi) is 10.6. The van der Waals surface area contributed by atoms with Crippen molar-refractivity contribution in [2.24, 2.45) is 0 Å². The Morgan fingerprint density at radius 2 is 1.04 bits per heavy atom. The number of rotatable bonds is 14. The van der Waals surface area contributed by atoms with Gasteiger partial charge in [-0.1, -0.05) is 102 Å². The van der Waals surface area contributed by atoms with Crippen molar-refractivity contribution in [3.63, 3.8) is 0 Å². The van der Waals surface area contributed by atoms with E-state index in [1.807, 2.05) is 98.8 Å². The third-order valence-electron chi connectivity index (χ3n) is 9.02. The van der Waals surface area contributed by atoms with Gasteiger partial charge < -0.3 is 14.2 Å². The van der Waals surface area contributed by atoms with Gasteiger partial charge in [-0.05, 0) is 79.2 Å². The molecule has 0 N–H and O–H groups in total. The molecule has 0 aliphatic carbocycles. The molecular weight excluding hydrogens is 725 g/mol. The van der Waals surface area contributed by atoms with E-state index in [-0.39, 0.29) is 36.2 Å². The third-order valence-corrected chi connectivity index (χ3v) is 11.7. The van der Waals surface area contributed by atoms with Crippen molar-refractivity contribution in [3.8, 4) is 17.2 Å². The van der Waals surface area contributed by atoms with Crippen molar-refractivity contribution < 1.29 is 39.4 Å². The second-order valence-electron chi connectivity index (χ2n) is 12.8. The van der Waals surface area contributed by atoms with Crippen LogP contribution >= 0.6 is 0 Å². The van der Waals surface area contributed by atoms with Crippen molar-refractivity contribution in [2.75, 3.05) is 26.4 Å². The van der Waals surface area contributed by atoms with E-state index in [0.29, 0.717) is 17.2 Å². The number of fused-ring (bicyclic) bond motifs is 3. The lowest BCUT2D eigenvalue weighted by Crippen LogP contribution is -2.34. The Morgan fingerprint density at radius 1 is 0.556 bits per heavy atom. The minimum Gasteiger partial charge on any atom is -0.487 e. The molecule has 1 heterocycles. The van der Waals surface area contributed by atoms with Crippen molar-refractivity contribution in [2.45, 2.75) is 29.2 Å². The Bertz CT molecular complexity index is 2460. The molecule has 0 aromatic heterocycles. The highest BCUT2D eigenvalue weighted by molar-refractivity contribution is 7.87. The maximum atomic E-state index is 12.8. The van der Waals surface area contributed by atoms with Crippen LogP contribution in [-0.4, -0.2) is 43.3 Å². The van der Waals surface area contributed by atoms with Gasteiger partial charge in [0.1, 0.15) is 32.2 Å². The molecule has 0 saturated heterocycles. The first-order chi connectivity index (χ1) is 26.0. The molecule has 0 fully saturated rings. The van der Waals surface area contributed by atoms with Crippen LogP contribution in [0.2, 0.25) is 0 Å². The van der Waals surface area contributed by atoms with Crippen LogP contribution in [0, 0.1) is 13.8 Å². The van der Waals surface area contributed by atoms with E-state index >= 15 is 0 Å². The van der Waals surface area contributed by atoms with Gasteiger partial charge in [0.15, 0.2) is 17.1 Å². The molecular formula is C43H38O9S2. The van der Waals surface area contributed by atoms with Gasteiger partial charge in [-0.3, -0.25) is 8.37 Å². The van der Waals surface area contributed by atoms with Gasteiger partial charge in [-0.2, -0.15) is 16.8 Å². The lowest BCUT2D eigenvalue weighted by molar-refractivity contribution is 0.161. The van der Waals surface area contributed by atoms with Gasteiger partial charge in [0.05, 0.1) is 9.79 Å². The van der Waals surface area contributed by atoms with Crippen LogP contribution < -0.4 is 14.2 Å². The molecule has 11 heteroatoms. The van der Waals surface area contributed by atoms with Gasteiger partial charge in [0.25, 0.3) is 20.2 Å². The maximum absolute atomic E-state index is 12.8. The molecule has 0 atom stereocenters. The first-order valence-corrected chi connectivity index (χ1v) is 20.1. The van der Waals surface area contributed by atoms with E-state index in [9.17, 15) is 16.8 Å². The molecule has 0 spiro atoms. The SMILES string of the molecule is Cc1ccc(S(=O)(=O)OCCOc2cc3ccc4c(c3cc2OCCOS(=O)(=O)c2ccc(C)cc2)C=CC(c2ccccc2)(c2ccccc2)O4)cc1. The van der Waals surface area contributed by atoms with Crippen LogP contribution in [0.25, 0.3) is 16.8 Å². The van der Waals surface area contributed by atoms with Crippen molar-refractivity contribution in [1.82, 2.24) is 0 Å². The molecule has 1 aliphatic rings. The van der Waals surface area contributed by atoms with Crippen molar-refractivity contribution in [1.29, 1.82) is 0 Å². The number of hydrogen-bond donors (Lipinski definition) is 0. The van der Waals surface area contributed by atoms with E-state index in [4.69, 9.17) is 22.6 Å². The molecule has 276 valence electrons. The fourth-order valence-corrected chi connectivity index (χ4v) is 8.00. The topological polar surface area (TPSA) is 114 Å². The fourth-order valence-electron chi connectivity index (χ4n) is 6.21. The molecule has 54 heavy (non-hydrogen) atoms. The predicted molar refractivity (Wildman–Crippen MR) is 207 cm³/mol. The van der Waals surface area contributed by atoms with Crippen LogP contribution in [0.4, 0.5) is 0 Å². The minimum absolute atomic E-state index is 0.0453. The van der Waals surface area contributed by atoms with Crippen LogP contribution in [0.5, 0.6) is 17.2 Å². The zero-order valence-electron chi connectivity index (χ0n) is 29.7. The normalized spacial score (nSPS) is 13.6. The zero-order chi connectivity index (χ0) is 37.8. The Labute approximate surface area is 315 Å². The first kappa shape index (κ1) is 36.9. The summed E-state index contributed by atoms with van der Waals surface area (Å²) in [4.78, 5) is 0.0934. The van der Waals surface area contributed by atoms with Crippen LogP contribution in [0.3, 0.4) is 0 Å². The fraction of sp³-hybridized carbons (Fsp3) is 0.163. The summed E-state index contributed by atoms with van der Waals surface area (Å²) in [5.41, 5.74) is 3.74. The number of hydrogen-bond acceptors (Lipinski definition) is 9. The summed E-state index contributed by atoms with van der Waals surface area (Å²) in [6, 6.07) is 40.2. The second-order valence-corrected chi connectivity index (χ2v) is 16.0. The standard InChI is InChI=1S/C43H38O9S2/c1-31-13-18-36(19-14-31)53(44,45)50-27-25-48-41-29-33-17-22-40-38(23-24-43(52-40,34-9-5-3-6-10-34)35-11-7-4-8-12-35)39(33)30-42(41)49-26-28-51-54(46,47)37-20-15-32(2)16-21-37/h3-24,29-30H,25-28H2,1-2H3. The van der Waals surface area contributed by atoms with Crippen LogP contribution in [0.15, 0.2) is 149 Å². The van der Waals surface area contributed by atoms with E-state index in [2.05, 4.69) is 0 Å². The average molecular weight is 763 g/mol. The summed E-state index contributed by atoms with van der Waals surface area (Å²) in [6.45, 7) is 2.97. The summed E-state index contributed by atoms with van der Waals surface area (Å²) >= 11 is 0. The average Bonchev–Trinajstić information content (AvgIpc) is 3.19. The van der Waals surface area contributed by atoms with Gasteiger partial charge in [-0.25, -0.2) is 0 Å². The summed E-state index contributed by atoms with van der Waals surface area (Å²) < 4.78 is 80.7. The van der Waals surface area contributed by atoms with Crippen molar-refractivity contribution >= 4 is 37.1 Å². The monoisotopic (exact) mass is 762 g/mol. The first-order valence-electron chi connectivity index (χ1n) is 17.3. The van der Waals surface area contributed by atoms with E-state index in [1.54, 1.807) is 36.4 Å². The molecule has 0 amide bonds. The number of benzene rings is 6. The van der Waals surface area contributed by atoms with Crippen LogP contribution in [-0.2, 0) is 34.2 Å². The smallest absolute Gasteiger partial charge is 0.297 e. The van der Waals surface area contributed by atoms with E-state index in [0.717, 1.165) is 38.6 Å². The highest BCUT2D eigenvalue weighted by Crippen LogP contribution is 2.45. The Hall–Kier alpha value is -5.46. The zero-order valence-corrected chi connectivity index (χ0v) is 31.3. The Balaban J connectivity index is 1.16. The summed E-state index contributed by atoms with van der Waals surface area (Å²) in [5, 5.41) is 1.61. The predicted octanol–water partition coefficient (Wildman–Crippen LogP) is 8.37. The molecule has 0 bridgehead atoms. The largest absolute Gasteiger partial charge is 0.487 e. The second kappa shape index (κ2) is 15.5. The quantitative estimate of drug-likeness (QED) is 0.0798. The van der Waals surface area contributed by atoms with Gasteiger partial charge in [-0.15, -0.1) is 0 Å². The van der Waals surface area contributed by atoms with Gasteiger partial charge in [0.2, 0.25) is 0 Å². The van der Waals surface area contributed by atoms with E-state index < -0.39 is 25.8 Å². The molecule has 6 aromatic carbocycles. The number of ether oxygens (including phenoxy) is 3. The van der Waals surface area contributed by atoms with Crippen molar-refractivity contribution in [3.05, 3.63) is 167 Å². The van der Waals surface area contributed by atoms with Gasteiger partial charge >= 0.3 is 0 Å². The van der Waals surface area contributed by atoms with Gasteiger partial charge in [0, 0.05) is 16.7 Å². The maximum Gasteiger partial charge on any atom is 0.297 e. The molecule has 7 rings (SSSR count). The highest BCUT2D eigenvalue weighted by Gasteiger charge is 2.37. The summed E-state index contributed by atoms with van der Waals surface area (Å²) in [5.74, 6) is 1.26. The highest BCUT2D eigenvalue weighted by atomic mass is 32.2. The molecule has 9 nitrogen and oxygen atoms in total. The Morgan fingerprint density at radius 3 is 1.54 bits per heavy atom. The lowest BCUT2D eigenvalue weighted by Gasteiger charge is -2.36. The lowest BCUT2D eigenvalue weighted by atomic mass is 9.83. The third kappa shape index (κ3) is 7.90. The minimum atomic E-state index is -4.01. The molecule has 0 saturated carbocycles. The number of aryl methyl sites for hydroxylation is 2. The molecule has 0 radical (unpaired) electrons.